The van der Waals surface area contributed by atoms with Crippen molar-refractivity contribution in [2.45, 2.75) is 26.7 Å². The van der Waals surface area contributed by atoms with Gasteiger partial charge in [0.25, 0.3) is 5.91 Å². The number of para-hydroxylation sites is 2. The van der Waals surface area contributed by atoms with Gasteiger partial charge in [-0.3, -0.25) is 9.78 Å². The summed E-state index contributed by atoms with van der Waals surface area (Å²) in [5.41, 5.74) is 4.33. The summed E-state index contributed by atoms with van der Waals surface area (Å²) in [7, 11) is 3.74. The Morgan fingerprint density at radius 3 is 2.73 bits per heavy atom. The van der Waals surface area contributed by atoms with Gasteiger partial charge in [0, 0.05) is 31.9 Å². The predicted octanol–water partition coefficient (Wildman–Crippen LogP) is 3.45. The number of rotatable bonds is 0. The van der Waals surface area contributed by atoms with E-state index in [0.717, 1.165) is 30.8 Å². The van der Waals surface area contributed by atoms with Crippen LogP contribution in [0.2, 0.25) is 0 Å². The van der Waals surface area contributed by atoms with Crippen molar-refractivity contribution >= 4 is 23.2 Å². The molecule has 0 saturated carbocycles. The first-order valence-electron chi connectivity index (χ1n) is 11.2. The van der Waals surface area contributed by atoms with Crippen LogP contribution >= 0.6 is 0 Å². The zero-order valence-corrected chi connectivity index (χ0v) is 19.3. The molecule has 1 atom stereocenters. The van der Waals surface area contributed by atoms with Crippen LogP contribution in [0, 0.1) is 12.8 Å². The second-order valence-corrected chi connectivity index (χ2v) is 8.72. The number of anilines is 2. The fourth-order valence-electron chi connectivity index (χ4n) is 4.43. The number of nitrogens with zero attached hydrogens (tertiary/aromatic N) is 7. The van der Waals surface area contributed by atoms with Gasteiger partial charge in [-0.2, -0.15) is 4.99 Å². The summed E-state index contributed by atoms with van der Waals surface area (Å²) in [6.45, 7) is 5.37. The smallest absolute Gasteiger partial charge is 0.280 e. The summed E-state index contributed by atoms with van der Waals surface area (Å²) in [6, 6.07) is 11.6. The van der Waals surface area contributed by atoms with Crippen molar-refractivity contribution in [2.75, 3.05) is 30.0 Å². The molecule has 2 aliphatic rings. The van der Waals surface area contributed by atoms with Crippen molar-refractivity contribution in [3.05, 3.63) is 47.7 Å². The van der Waals surface area contributed by atoms with Crippen LogP contribution in [0.5, 0.6) is 5.88 Å². The maximum Gasteiger partial charge on any atom is 0.280 e. The summed E-state index contributed by atoms with van der Waals surface area (Å²) in [4.78, 5) is 26.7. The molecule has 0 fully saturated rings. The van der Waals surface area contributed by atoms with E-state index in [4.69, 9.17) is 4.74 Å². The van der Waals surface area contributed by atoms with Crippen LogP contribution < -0.4 is 14.5 Å². The van der Waals surface area contributed by atoms with Crippen molar-refractivity contribution in [1.29, 1.82) is 0 Å². The first-order chi connectivity index (χ1) is 15.9. The fourth-order valence-corrected chi connectivity index (χ4v) is 4.43. The molecule has 33 heavy (non-hydrogen) atoms. The largest absolute Gasteiger partial charge is 0.476 e. The average Bonchev–Trinajstić information content (AvgIpc) is 3.29. The van der Waals surface area contributed by atoms with Gasteiger partial charge in [-0.15, -0.1) is 5.10 Å². The van der Waals surface area contributed by atoms with Crippen LogP contribution in [0.25, 0.3) is 11.4 Å². The Hall–Kier alpha value is -3.75. The summed E-state index contributed by atoms with van der Waals surface area (Å²) in [6.07, 6.45) is 1.85. The monoisotopic (exact) mass is 445 g/mol. The molecule has 1 amide bonds. The van der Waals surface area contributed by atoms with E-state index >= 15 is 0 Å². The fraction of sp³-hybridized carbons (Fsp3) is 0.375. The van der Waals surface area contributed by atoms with E-state index in [1.807, 2.05) is 31.0 Å². The molecule has 170 valence electrons. The summed E-state index contributed by atoms with van der Waals surface area (Å²) < 4.78 is 7.67. The molecule has 2 aromatic heterocycles. The lowest BCUT2D eigenvalue weighted by molar-refractivity contribution is 0.100. The van der Waals surface area contributed by atoms with Crippen LogP contribution in [0.4, 0.5) is 11.4 Å². The van der Waals surface area contributed by atoms with Gasteiger partial charge in [0.05, 0.1) is 23.7 Å². The summed E-state index contributed by atoms with van der Waals surface area (Å²) in [5, 5.41) is 8.36. The van der Waals surface area contributed by atoms with E-state index in [9.17, 15) is 4.79 Å². The molecule has 2 bridgehead atoms. The summed E-state index contributed by atoms with van der Waals surface area (Å²) in [5.74, 6) is 1.23. The van der Waals surface area contributed by atoms with Gasteiger partial charge >= 0.3 is 0 Å². The highest BCUT2D eigenvalue weighted by Crippen LogP contribution is 2.37. The number of aromatic nitrogens is 4. The number of pyridine rings is 1. The predicted molar refractivity (Wildman–Crippen MR) is 127 cm³/mol. The first-order valence-corrected chi connectivity index (χ1v) is 11.2. The molecule has 0 unspecified atom stereocenters. The maximum absolute atomic E-state index is 13.4. The van der Waals surface area contributed by atoms with E-state index in [-0.39, 0.29) is 5.91 Å². The number of benzene rings is 1. The minimum atomic E-state index is -0.324. The topological polar surface area (TPSA) is 88.7 Å². The first kappa shape index (κ1) is 21.1. The molecule has 0 saturated heterocycles. The van der Waals surface area contributed by atoms with Gasteiger partial charge in [0.2, 0.25) is 11.8 Å². The van der Waals surface area contributed by atoms with Gasteiger partial charge in [-0.25, -0.2) is 4.68 Å². The van der Waals surface area contributed by atoms with Crippen molar-refractivity contribution in [2.24, 2.45) is 18.0 Å². The minimum Gasteiger partial charge on any atom is -0.476 e. The zero-order valence-electron chi connectivity index (χ0n) is 19.3. The van der Waals surface area contributed by atoms with Crippen molar-refractivity contribution in [3.8, 4) is 17.3 Å². The minimum absolute atomic E-state index is 0.324. The highest BCUT2D eigenvalue weighted by atomic mass is 16.5. The average molecular weight is 446 g/mol. The number of ether oxygens (including phenoxy) is 1. The number of hydrogen-bond donors (Lipinski definition) is 0. The summed E-state index contributed by atoms with van der Waals surface area (Å²) >= 11 is 0. The molecular formula is C24H27N7O2. The van der Waals surface area contributed by atoms with Gasteiger partial charge in [-0.1, -0.05) is 24.3 Å². The Morgan fingerprint density at radius 2 is 1.91 bits per heavy atom. The number of aryl methyl sites for hydroxylation is 2. The lowest BCUT2D eigenvalue weighted by Gasteiger charge is -2.24. The standard InChI is InChI=1S/C24H27N7O2/c1-15-8-7-11-33-23-21(27-28-30(23)4)18-13-17(12-16(2)25-18)22(32)26-24-29(3)19-9-5-6-10-20(19)31(24)14-15/h5-6,9-10,12-13,15H,7-8,11,14H2,1-4H3/b26-24+/t15-/m1/s1. The second kappa shape index (κ2) is 8.31. The Balaban J connectivity index is 1.63. The van der Waals surface area contributed by atoms with Crippen LogP contribution in [0.1, 0.15) is 35.8 Å². The molecule has 0 radical (unpaired) electrons. The van der Waals surface area contributed by atoms with Gasteiger partial charge in [0.1, 0.15) is 0 Å². The number of fused-ring (bicyclic) bond motifs is 7. The molecule has 4 heterocycles. The molecule has 1 aromatic carbocycles. The molecule has 9 nitrogen and oxygen atoms in total. The quantitative estimate of drug-likeness (QED) is 0.524. The molecule has 0 aliphatic carbocycles. The van der Waals surface area contributed by atoms with Crippen LogP contribution in [-0.2, 0) is 7.05 Å². The number of aliphatic imine (C=N–C) groups is 1. The number of carbonyl (C=O) groups excluding carboxylic acids is 1. The second-order valence-electron chi connectivity index (χ2n) is 8.72. The number of hydrogen-bond acceptors (Lipinski definition) is 7. The highest BCUT2D eigenvalue weighted by molar-refractivity contribution is 6.20. The molecule has 9 heteroatoms. The van der Waals surface area contributed by atoms with E-state index in [1.165, 1.54) is 0 Å². The van der Waals surface area contributed by atoms with Crippen molar-refractivity contribution < 1.29 is 9.53 Å². The van der Waals surface area contributed by atoms with Gasteiger partial charge in [0.15, 0.2) is 5.69 Å². The van der Waals surface area contributed by atoms with E-state index in [1.54, 1.807) is 23.9 Å². The Labute approximate surface area is 192 Å². The third-order valence-corrected chi connectivity index (χ3v) is 6.07. The lowest BCUT2D eigenvalue weighted by Crippen LogP contribution is -2.39. The van der Waals surface area contributed by atoms with Crippen molar-refractivity contribution in [3.63, 3.8) is 0 Å². The number of amides is 1. The normalized spacial score (nSPS) is 20.1. The molecule has 0 spiro atoms. The maximum atomic E-state index is 13.4. The number of guanidine groups is 1. The van der Waals surface area contributed by atoms with E-state index in [0.29, 0.717) is 47.0 Å². The van der Waals surface area contributed by atoms with Crippen molar-refractivity contribution in [1.82, 2.24) is 20.0 Å². The molecular weight excluding hydrogens is 418 g/mol. The Kier molecular flexibility index (Phi) is 5.32. The number of carbonyl (C=O) groups is 1. The van der Waals surface area contributed by atoms with Crippen LogP contribution in [0.3, 0.4) is 0 Å². The van der Waals surface area contributed by atoms with E-state index < -0.39 is 0 Å². The van der Waals surface area contributed by atoms with Gasteiger partial charge in [-0.05, 0) is 49.9 Å². The van der Waals surface area contributed by atoms with Crippen LogP contribution in [0.15, 0.2) is 41.4 Å². The highest BCUT2D eigenvalue weighted by Gasteiger charge is 2.32. The lowest BCUT2D eigenvalue weighted by atomic mass is 10.1. The third-order valence-electron chi connectivity index (χ3n) is 6.07. The van der Waals surface area contributed by atoms with E-state index in [2.05, 4.69) is 44.2 Å². The molecule has 3 aromatic rings. The Bertz CT molecular complexity index is 1250. The SMILES string of the molecule is Cc1cc2cc(n1)-c1nnn(C)c1OCCC[C@@H](C)CN1/C(=N/C2=O)N(C)c2ccccc21. The van der Waals surface area contributed by atoms with Gasteiger partial charge < -0.3 is 14.5 Å². The molecule has 0 N–H and O–H groups in total. The molecule has 5 rings (SSSR count). The third kappa shape index (κ3) is 3.83. The molecule has 2 aliphatic heterocycles. The Morgan fingerprint density at radius 1 is 1.12 bits per heavy atom. The van der Waals surface area contributed by atoms with Crippen LogP contribution in [-0.4, -0.2) is 52.0 Å². The zero-order chi connectivity index (χ0) is 23.1.